The largest absolute Gasteiger partial charge is 0.445 e. The van der Waals surface area contributed by atoms with Crippen LogP contribution in [0.1, 0.15) is 143 Å². The molecule has 0 aromatic heterocycles. The number of rotatable bonds is 15. The lowest BCUT2D eigenvalue weighted by atomic mass is 9.77. The average Bonchev–Trinajstić information content (AvgIpc) is 3.47. The van der Waals surface area contributed by atoms with E-state index >= 15 is 0 Å². The maximum absolute atomic E-state index is 14.8. The number of benzene rings is 1. The molecule has 4 aliphatic rings. The molecule has 6 N–H and O–H groups in total. The Morgan fingerprint density at radius 1 is 0.789 bits per heavy atom. The molecular weight excluding hydrogens is 911 g/mol. The summed E-state index contributed by atoms with van der Waals surface area (Å²) in [6, 6.07) is 3.77. The van der Waals surface area contributed by atoms with Crippen LogP contribution >= 0.6 is 0 Å². The van der Waals surface area contributed by atoms with Crippen molar-refractivity contribution in [2.24, 2.45) is 29.6 Å². The van der Waals surface area contributed by atoms with E-state index in [2.05, 4.69) is 31.9 Å². The minimum absolute atomic E-state index is 0.0443. The van der Waals surface area contributed by atoms with Gasteiger partial charge < -0.3 is 55.7 Å². The predicted octanol–water partition coefficient (Wildman–Crippen LogP) is 5.65. The van der Waals surface area contributed by atoms with Gasteiger partial charge in [0.2, 0.25) is 29.5 Å². The molecule has 1 aromatic rings. The molecule has 0 radical (unpaired) electrons. The molecule has 1 heterocycles. The van der Waals surface area contributed by atoms with Gasteiger partial charge in [0.15, 0.2) is 0 Å². The third-order valence-electron chi connectivity index (χ3n) is 14.4. The number of hydrogen-bond donors (Lipinski definition) is 6. The maximum Gasteiger partial charge on any atom is 0.407 e. The Bertz CT molecular complexity index is 1880. The van der Waals surface area contributed by atoms with Gasteiger partial charge in [-0.15, -0.1) is 0 Å². The van der Waals surface area contributed by atoms with Crippen molar-refractivity contribution in [3.05, 3.63) is 35.9 Å². The van der Waals surface area contributed by atoms with Gasteiger partial charge >= 0.3 is 12.2 Å². The van der Waals surface area contributed by atoms with Crippen LogP contribution in [0.4, 0.5) is 9.59 Å². The van der Waals surface area contributed by atoms with Crippen LogP contribution in [0, 0.1) is 29.6 Å². The molecule has 3 aliphatic carbocycles. The van der Waals surface area contributed by atoms with Gasteiger partial charge in [-0.1, -0.05) is 89.1 Å². The highest BCUT2D eigenvalue weighted by Crippen LogP contribution is 2.46. The summed E-state index contributed by atoms with van der Waals surface area (Å²) in [6.07, 6.45) is 10.8. The van der Waals surface area contributed by atoms with Crippen molar-refractivity contribution >= 4 is 41.7 Å². The summed E-state index contributed by atoms with van der Waals surface area (Å²) in [7, 11) is 1.64. The molecule has 2 bridgehead atoms. The summed E-state index contributed by atoms with van der Waals surface area (Å²) < 4.78 is 23.3. The minimum Gasteiger partial charge on any atom is -0.445 e. The van der Waals surface area contributed by atoms with Crippen molar-refractivity contribution in [1.82, 2.24) is 36.8 Å². The van der Waals surface area contributed by atoms with Gasteiger partial charge in [0.05, 0.1) is 31.8 Å². The molecular formula is C53H85N7O11. The first kappa shape index (κ1) is 56.9. The Balaban J connectivity index is 1.44. The molecule has 71 heavy (non-hydrogen) atoms. The normalized spacial score (nSPS) is 28.9. The van der Waals surface area contributed by atoms with E-state index in [4.69, 9.17) is 18.9 Å². The summed E-state index contributed by atoms with van der Waals surface area (Å²) in [6.45, 7) is 10.5. The van der Waals surface area contributed by atoms with Crippen LogP contribution in [0.2, 0.25) is 0 Å². The number of ether oxygens (including phenoxy) is 4. The first-order valence-electron chi connectivity index (χ1n) is 26.5. The van der Waals surface area contributed by atoms with Crippen molar-refractivity contribution in [2.75, 3.05) is 40.0 Å². The van der Waals surface area contributed by atoms with Gasteiger partial charge in [-0.05, 0) is 108 Å². The number of nitrogens with one attached hydrogen (secondary N) is 6. The van der Waals surface area contributed by atoms with Crippen molar-refractivity contribution in [1.29, 1.82) is 0 Å². The monoisotopic (exact) mass is 996 g/mol. The number of alkyl carbamates (subject to hydrolysis) is 2. The first-order valence-corrected chi connectivity index (χ1v) is 26.5. The maximum atomic E-state index is 14.8. The van der Waals surface area contributed by atoms with Gasteiger partial charge in [-0.25, -0.2) is 9.59 Å². The quantitative estimate of drug-likeness (QED) is 0.0929. The van der Waals surface area contributed by atoms with Gasteiger partial charge in [0.25, 0.3) is 0 Å². The second kappa shape index (κ2) is 28.3. The molecule has 398 valence electrons. The van der Waals surface area contributed by atoms with Crippen LogP contribution in [0.25, 0.3) is 0 Å². The van der Waals surface area contributed by atoms with E-state index in [1.165, 1.54) is 24.2 Å². The highest BCUT2D eigenvalue weighted by Gasteiger charge is 2.41. The van der Waals surface area contributed by atoms with Crippen molar-refractivity contribution in [3.8, 4) is 0 Å². The van der Waals surface area contributed by atoms with E-state index in [0.717, 1.165) is 44.1 Å². The Hall–Kier alpha value is -4.97. The van der Waals surface area contributed by atoms with Crippen LogP contribution in [-0.4, -0.2) is 128 Å². The number of nitrogens with zero attached hydrogens (tertiary/aromatic N) is 1. The zero-order valence-corrected chi connectivity index (χ0v) is 43.5. The van der Waals surface area contributed by atoms with Gasteiger partial charge in [-0.3, -0.25) is 24.0 Å². The second-order valence-corrected chi connectivity index (χ2v) is 21.6. The lowest BCUT2D eigenvalue weighted by molar-refractivity contribution is -0.147. The SMILES string of the molecule is CCC[C@H]1C(=O)N[C@@H](C2CCCCCC2)C(=O)N[C@@H](CNC(=O)OCc2ccccc2)C(=O)N[C@@H](COCCCNC(=O)OC(C)(C)C)C(=O)N[C@H](C)CO[C@H](C[C@@H]2C[C@@H]3CC[C@@H](C3)C2)[C@@H](C)C(=O)N1C. The second-order valence-electron chi connectivity index (χ2n) is 21.6. The minimum atomic E-state index is -1.44. The number of amides is 7. The Morgan fingerprint density at radius 2 is 1.45 bits per heavy atom. The van der Waals surface area contributed by atoms with Crippen LogP contribution < -0.4 is 31.9 Å². The topological polar surface area (TPSA) is 232 Å². The van der Waals surface area contributed by atoms with Crippen LogP contribution in [0.3, 0.4) is 0 Å². The van der Waals surface area contributed by atoms with E-state index in [-0.39, 0.29) is 44.8 Å². The van der Waals surface area contributed by atoms with Crippen molar-refractivity contribution in [3.63, 3.8) is 0 Å². The molecule has 7 amide bonds. The fourth-order valence-electron chi connectivity index (χ4n) is 10.7. The van der Waals surface area contributed by atoms with E-state index in [1.54, 1.807) is 46.9 Å². The number of carbonyl (C=O) groups excluding carboxylic acids is 7. The number of fused-ring (bicyclic) bond motifs is 2. The fraction of sp³-hybridized carbons (Fsp3) is 0.755. The molecule has 18 nitrogen and oxygen atoms in total. The zero-order chi connectivity index (χ0) is 51.5. The van der Waals surface area contributed by atoms with E-state index < -0.39 is 90.2 Å². The van der Waals surface area contributed by atoms with E-state index in [0.29, 0.717) is 56.3 Å². The molecule has 4 fully saturated rings. The Kier molecular flexibility index (Phi) is 22.7. The summed E-state index contributed by atoms with van der Waals surface area (Å²) in [4.78, 5) is 99.6. The molecule has 1 aromatic carbocycles. The summed E-state index contributed by atoms with van der Waals surface area (Å²) in [5, 5.41) is 16.9. The summed E-state index contributed by atoms with van der Waals surface area (Å²) in [5.41, 5.74) is 0.0712. The number of hydrogen-bond acceptors (Lipinski definition) is 11. The highest BCUT2D eigenvalue weighted by atomic mass is 16.6. The van der Waals surface area contributed by atoms with Crippen molar-refractivity contribution in [2.45, 2.75) is 186 Å². The molecule has 5 rings (SSSR count). The Morgan fingerprint density at radius 3 is 2.11 bits per heavy atom. The van der Waals surface area contributed by atoms with Gasteiger partial charge in [0.1, 0.15) is 36.4 Å². The molecule has 0 spiro atoms. The predicted molar refractivity (Wildman–Crippen MR) is 267 cm³/mol. The van der Waals surface area contributed by atoms with E-state index in [1.807, 2.05) is 32.0 Å². The van der Waals surface area contributed by atoms with Crippen LogP contribution in [0.5, 0.6) is 0 Å². The first-order chi connectivity index (χ1) is 33.9. The highest BCUT2D eigenvalue weighted by molar-refractivity contribution is 5.96. The molecule has 18 heteroatoms. The van der Waals surface area contributed by atoms with E-state index in [9.17, 15) is 33.6 Å². The lowest BCUT2D eigenvalue weighted by Crippen LogP contribution is -2.62. The zero-order valence-electron chi connectivity index (χ0n) is 43.5. The summed E-state index contributed by atoms with van der Waals surface area (Å²) in [5.74, 6) is -1.94. The molecule has 1 aliphatic heterocycles. The molecule has 0 unspecified atom stereocenters. The summed E-state index contributed by atoms with van der Waals surface area (Å²) >= 11 is 0. The molecule has 10 atom stereocenters. The molecule has 1 saturated heterocycles. The lowest BCUT2D eigenvalue weighted by Gasteiger charge is -2.36. The third-order valence-corrected chi connectivity index (χ3v) is 14.4. The Labute approximate surface area is 421 Å². The standard InChI is InChI=1S/C53H85N7O11/c1-8-17-43-48(63)59-45(40-20-14-9-10-15-21-40)49(64)57-41(30-55-51(66)70-32-36-18-12-11-13-19-36)46(61)58-42(33-68-25-16-24-54-52(67)71-53(4,5)6)47(62)56-34(2)31-69-44(35(3)50(65)60(43)7)29-39-27-37-22-23-38(26-37)28-39/h11-13,18-19,34-35,37-45H,8-10,14-17,20-33H2,1-7H3,(H,54,67)(H,55,66)(H,56,62)(H,57,64)(H,58,61)(H,59,63)/t34-,35-,37-,38+,39-,41+,42+,43+,44-,45+/m1/s1. The smallest absolute Gasteiger partial charge is 0.407 e. The fourth-order valence-corrected chi connectivity index (χ4v) is 10.7. The van der Waals surface area contributed by atoms with Crippen molar-refractivity contribution < 1.29 is 52.5 Å². The molecule has 3 saturated carbocycles. The van der Waals surface area contributed by atoms with Gasteiger partial charge in [-0.2, -0.15) is 0 Å². The average molecular weight is 996 g/mol. The van der Waals surface area contributed by atoms with Gasteiger partial charge in [0, 0.05) is 26.2 Å². The number of likely N-dealkylation sites (N-methyl/N-ethyl adjacent to an activating group) is 1. The van der Waals surface area contributed by atoms with Crippen LogP contribution in [0.15, 0.2) is 30.3 Å². The number of carbonyl (C=O) groups is 7. The van der Waals surface area contributed by atoms with Crippen LogP contribution in [-0.2, 0) is 49.5 Å². The third kappa shape index (κ3) is 18.9.